The number of nitrogens with one attached hydrogen (secondary N) is 1. The molecule has 27 heavy (non-hydrogen) atoms. The average molecular weight is 387 g/mol. The third-order valence-corrected chi connectivity index (χ3v) is 5.19. The molecule has 1 N–H and O–H groups in total. The Kier molecular flexibility index (Phi) is 5.28. The van der Waals surface area contributed by atoms with Crippen LogP contribution in [0.5, 0.6) is 0 Å². The summed E-state index contributed by atoms with van der Waals surface area (Å²) >= 11 is 6.17. The van der Waals surface area contributed by atoms with Crippen LogP contribution in [0.3, 0.4) is 0 Å². The van der Waals surface area contributed by atoms with Crippen LogP contribution in [-0.4, -0.2) is 28.1 Å². The molecule has 0 saturated heterocycles. The van der Waals surface area contributed by atoms with E-state index in [0.29, 0.717) is 16.3 Å². The van der Waals surface area contributed by atoms with Crippen LogP contribution < -0.4 is 15.9 Å². The van der Waals surface area contributed by atoms with Gasteiger partial charge in [-0.1, -0.05) is 23.7 Å². The Hall–Kier alpha value is -2.73. The summed E-state index contributed by atoms with van der Waals surface area (Å²) in [5.74, 6) is -0.283. The lowest BCUT2D eigenvalue weighted by Gasteiger charge is -2.24. The maximum Gasteiger partial charge on any atom is 0.328 e. The van der Waals surface area contributed by atoms with Crippen molar-refractivity contribution in [3.8, 4) is 0 Å². The normalized spacial score (nSPS) is 11.0. The molecule has 3 aromatic rings. The molecule has 0 spiro atoms. The fourth-order valence-electron chi connectivity index (χ4n) is 3.30. The molecular weight excluding hydrogens is 364 g/mol. The van der Waals surface area contributed by atoms with Crippen LogP contribution in [0.1, 0.15) is 24.2 Å². The van der Waals surface area contributed by atoms with Crippen molar-refractivity contribution in [3.63, 3.8) is 0 Å². The van der Waals surface area contributed by atoms with E-state index < -0.39 is 0 Å². The van der Waals surface area contributed by atoms with Crippen molar-refractivity contribution < 1.29 is 4.79 Å². The number of halogens is 1. The molecule has 0 aliphatic heterocycles. The first-order chi connectivity index (χ1) is 12.9. The number of fused-ring (bicyclic) bond motifs is 1. The summed E-state index contributed by atoms with van der Waals surface area (Å²) < 4.78 is 3.19. The number of carbonyl (C=O) groups excluding carboxylic acids is 1. The Morgan fingerprint density at radius 3 is 2.26 bits per heavy atom. The van der Waals surface area contributed by atoms with Crippen LogP contribution >= 0.6 is 11.6 Å². The van der Waals surface area contributed by atoms with Gasteiger partial charge in [0.1, 0.15) is 0 Å². The summed E-state index contributed by atoms with van der Waals surface area (Å²) in [5.41, 5.74) is 3.40. The zero-order chi connectivity index (χ0) is 19.7. The third kappa shape index (κ3) is 3.32. The highest BCUT2D eigenvalue weighted by Gasteiger charge is 2.18. The maximum absolute atomic E-state index is 12.8. The number of rotatable bonds is 5. The molecule has 0 unspecified atom stereocenters. The Morgan fingerprint density at radius 1 is 1.07 bits per heavy atom. The van der Waals surface area contributed by atoms with E-state index in [1.54, 1.807) is 47.5 Å². The van der Waals surface area contributed by atoms with Crippen molar-refractivity contribution >= 4 is 39.9 Å². The second-order valence-corrected chi connectivity index (χ2v) is 6.77. The van der Waals surface area contributed by atoms with Gasteiger partial charge < -0.3 is 10.2 Å². The molecule has 0 fully saturated rings. The van der Waals surface area contributed by atoms with E-state index in [1.165, 1.54) is 0 Å². The first-order valence-corrected chi connectivity index (χ1v) is 9.27. The average Bonchev–Trinajstić information content (AvgIpc) is 2.87. The van der Waals surface area contributed by atoms with Gasteiger partial charge in [-0.05, 0) is 38.1 Å². The van der Waals surface area contributed by atoms with Gasteiger partial charge in [-0.15, -0.1) is 0 Å². The van der Waals surface area contributed by atoms with Gasteiger partial charge in [0.2, 0.25) is 0 Å². The highest BCUT2D eigenvalue weighted by atomic mass is 35.5. The SMILES string of the molecule is CCN(CC)c1cc2c(cc1NC(=O)c1ccccc1Cl)n(C)c(=O)n2C. The van der Waals surface area contributed by atoms with Gasteiger partial charge >= 0.3 is 5.69 Å². The van der Waals surface area contributed by atoms with Crippen LogP contribution in [0.4, 0.5) is 11.4 Å². The molecule has 7 heteroatoms. The van der Waals surface area contributed by atoms with E-state index in [4.69, 9.17) is 11.6 Å². The largest absolute Gasteiger partial charge is 0.370 e. The summed E-state index contributed by atoms with van der Waals surface area (Å²) in [5, 5.41) is 3.37. The van der Waals surface area contributed by atoms with E-state index in [2.05, 4.69) is 24.1 Å². The molecule has 0 atom stereocenters. The minimum Gasteiger partial charge on any atom is -0.370 e. The molecule has 1 aromatic heterocycles. The van der Waals surface area contributed by atoms with Crippen molar-refractivity contribution in [2.24, 2.45) is 14.1 Å². The molecule has 6 nitrogen and oxygen atoms in total. The van der Waals surface area contributed by atoms with Gasteiger partial charge in [0.15, 0.2) is 0 Å². The Balaban J connectivity index is 2.16. The number of aromatic nitrogens is 2. The molecule has 0 radical (unpaired) electrons. The van der Waals surface area contributed by atoms with E-state index in [9.17, 15) is 9.59 Å². The predicted molar refractivity (Wildman–Crippen MR) is 111 cm³/mol. The summed E-state index contributed by atoms with van der Waals surface area (Å²) in [6.07, 6.45) is 0. The van der Waals surface area contributed by atoms with Gasteiger partial charge in [0.25, 0.3) is 5.91 Å². The van der Waals surface area contributed by atoms with Gasteiger partial charge in [-0.2, -0.15) is 0 Å². The Morgan fingerprint density at radius 2 is 1.67 bits per heavy atom. The second kappa shape index (κ2) is 7.48. The number of aryl methyl sites for hydroxylation is 2. The van der Waals surface area contributed by atoms with Crippen molar-refractivity contribution in [2.45, 2.75) is 13.8 Å². The summed E-state index contributed by atoms with van der Waals surface area (Å²) in [6, 6.07) is 10.7. The fraction of sp³-hybridized carbons (Fsp3) is 0.300. The van der Waals surface area contributed by atoms with E-state index >= 15 is 0 Å². The highest BCUT2D eigenvalue weighted by molar-refractivity contribution is 6.34. The van der Waals surface area contributed by atoms with Crippen molar-refractivity contribution in [2.75, 3.05) is 23.3 Å². The highest BCUT2D eigenvalue weighted by Crippen LogP contribution is 2.32. The molecule has 0 saturated carbocycles. The van der Waals surface area contributed by atoms with Crippen molar-refractivity contribution in [3.05, 3.63) is 57.5 Å². The molecular formula is C20H23ClN4O2. The second-order valence-electron chi connectivity index (χ2n) is 6.36. The molecule has 0 aliphatic rings. The van der Waals surface area contributed by atoms with Crippen molar-refractivity contribution in [1.82, 2.24) is 9.13 Å². The minimum atomic E-state index is -0.283. The fourth-order valence-corrected chi connectivity index (χ4v) is 3.52. The van der Waals surface area contributed by atoms with Crippen LogP contribution in [0, 0.1) is 0 Å². The minimum absolute atomic E-state index is 0.106. The van der Waals surface area contributed by atoms with E-state index in [0.717, 1.165) is 29.8 Å². The van der Waals surface area contributed by atoms with Gasteiger partial charge in [-0.3, -0.25) is 13.9 Å². The van der Waals surface area contributed by atoms with Gasteiger partial charge in [0.05, 0.1) is 33.0 Å². The first kappa shape index (κ1) is 19.0. The zero-order valence-electron chi connectivity index (χ0n) is 15.9. The molecule has 2 aromatic carbocycles. The number of amides is 1. The Labute approximate surface area is 163 Å². The molecule has 3 rings (SSSR count). The number of nitrogens with zero attached hydrogens (tertiary/aromatic N) is 3. The lowest BCUT2D eigenvalue weighted by atomic mass is 10.1. The summed E-state index contributed by atoms with van der Waals surface area (Å²) in [4.78, 5) is 27.2. The molecule has 0 bridgehead atoms. The quantitative estimate of drug-likeness (QED) is 0.728. The number of hydrogen-bond donors (Lipinski definition) is 1. The maximum atomic E-state index is 12.8. The first-order valence-electron chi connectivity index (χ1n) is 8.89. The number of imidazole rings is 1. The Bertz CT molecular complexity index is 1060. The lowest BCUT2D eigenvalue weighted by molar-refractivity contribution is 0.102. The summed E-state index contributed by atoms with van der Waals surface area (Å²) in [7, 11) is 3.47. The van der Waals surface area contributed by atoms with E-state index in [1.807, 2.05) is 12.1 Å². The summed E-state index contributed by atoms with van der Waals surface area (Å²) in [6.45, 7) is 5.66. The number of anilines is 2. The van der Waals surface area contributed by atoms with Crippen molar-refractivity contribution in [1.29, 1.82) is 0 Å². The standard InChI is InChI=1S/C20H23ClN4O2/c1-5-25(6-2)16-12-18-17(23(3)20(27)24(18)4)11-15(16)22-19(26)13-9-7-8-10-14(13)21/h7-12H,5-6H2,1-4H3,(H,22,26). The van der Waals surface area contributed by atoms with E-state index in [-0.39, 0.29) is 11.6 Å². The number of carbonyl (C=O) groups is 1. The third-order valence-electron chi connectivity index (χ3n) is 4.86. The molecule has 1 heterocycles. The topological polar surface area (TPSA) is 59.3 Å². The molecule has 1 amide bonds. The zero-order valence-corrected chi connectivity index (χ0v) is 16.7. The monoisotopic (exact) mass is 386 g/mol. The smallest absolute Gasteiger partial charge is 0.328 e. The number of benzene rings is 2. The number of hydrogen-bond acceptors (Lipinski definition) is 3. The van der Waals surface area contributed by atoms with Crippen LogP contribution in [0.25, 0.3) is 11.0 Å². The molecule has 142 valence electrons. The van der Waals surface area contributed by atoms with Gasteiger partial charge in [0, 0.05) is 27.2 Å². The van der Waals surface area contributed by atoms with Gasteiger partial charge in [-0.25, -0.2) is 4.79 Å². The molecule has 0 aliphatic carbocycles. The lowest BCUT2D eigenvalue weighted by Crippen LogP contribution is -2.24. The van der Waals surface area contributed by atoms with Crippen LogP contribution in [0.15, 0.2) is 41.2 Å². The van der Waals surface area contributed by atoms with Crippen LogP contribution in [0.2, 0.25) is 5.02 Å². The van der Waals surface area contributed by atoms with Crippen LogP contribution in [-0.2, 0) is 14.1 Å². The predicted octanol–water partition coefficient (Wildman–Crippen LogP) is 3.63.